The minimum absolute atomic E-state index is 0.191. The summed E-state index contributed by atoms with van der Waals surface area (Å²) in [7, 11) is 1.63. The molecule has 17 heavy (non-hydrogen) atoms. The van der Waals surface area contributed by atoms with Gasteiger partial charge in [-0.2, -0.15) is 11.8 Å². The molecule has 5 heteroatoms. The Labute approximate surface area is 108 Å². The van der Waals surface area contributed by atoms with Crippen molar-refractivity contribution < 1.29 is 4.74 Å². The standard InChI is InChI=1S/C12H21N3OS/c1-5-13-10(8-17-9(2)3)11-12(16-4)15-7-6-14-11/h6-7,9-10,13H,5,8H2,1-4H3. The summed E-state index contributed by atoms with van der Waals surface area (Å²) in [5.74, 6) is 1.59. The molecule has 0 fully saturated rings. The van der Waals surface area contributed by atoms with E-state index in [0.29, 0.717) is 11.1 Å². The monoisotopic (exact) mass is 255 g/mol. The van der Waals surface area contributed by atoms with E-state index >= 15 is 0 Å². The van der Waals surface area contributed by atoms with Crippen LogP contribution in [0.2, 0.25) is 0 Å². The second-order valence-corrected chi connectivity index (χ2v) is 5.55. The van der Waals surface area contributed by atoms with Gasteiger partial charge in [0.05, 0.1) is 13.2 Å². The number of hydrogen-bond acceptors (Lipinski definition) is 5. The van der Waals surface area contributed by atoms with Crippen LogP contribution >= 0.6 is 11.8 Å². The van der Waals surface area contributed by atoms with Gasteiger partial charge >= 0.3 is 0 Å². The molecule has 1 rings (SSSR count). The summed E-state index contributed by atoms with van der Waals surface area (Å²) in [6.45, 7) is 7.39. The lowest BCUT2D eigenvalue weighted by molar-refractivity contribution is 0.381. The highest BCUT2D eigenvalue weighted by Crippen LogP contribution is 2.24. The van der Waals surface area contributed by atoms with Crippen molar-refractivity contribution in [3.8, 4) is 5.88 Å². The van der Waals surface area contributed by atoms with Gasteiger partial charge in [0.2, 0.25) is 5.88 Å². The minimum Gasteiger partial charge on any atom is -0.480 e. The van der Waals surface area contributed by atoms with Crippen LogP contribution in [0.15, 0.2) is 12.4 Å². The minimum atomic E-state index is 0.191. The number of rotatable bonds is 7. The summed E-state index contributed by atoms with van der Waals surface area (Å²) in [6.07, 6.45) is 3.36. The van der Waals surface area contributed by atoms with Crippen molar-refractivity contribution >= 4 is 11.8 Å². The first-order chi connectivity index (χ1) is 8.19. The Hall–Kier alpha value is -0.810. The Morgan fingerprint density at radius 2 is 2.06 bits per heavy atom. The van der Waals surface area contributed by atoms with Crippen molar-refractivity contribution in [2.75, 3.05) is 19.4 Å². The lowest BCUT2D eigenvalue weighted by atomic mass is 10.2. The average molecular weight is 255 g/mol. The first-order valence-electron chi connectivity index (χ1n) is 5.88. The summed E-state index contributed by atoms with van der Waals surface area (Å²) >= 11 is 1.91. The lowest BCUT2D eigenvalue weighted by Crippen LogP contribution is -2.25. The summed E-state index contributed by atoms with van der Waals surface area (Å²) < 4.78 is 5.26. The molecule has 0 aliphatic heterocycles. The third-order valence-electron chi connectivity index (χ3n) is 2.26. The molecule has 0 radical (unpaired) electrons. The highest BCUT2D eigenvalue weighted by Gasteiger charge is 2.18. The molecule has 1 aromatic heterocycles. The molecule has 96 valence electrons. The van der Waals surface area contributed by atoms with Crippen LogP contribution in [-0.4, -0.2) is 34.6 Å². The van der Waals surface area contributed by atoms with E-state index in [4.69, 9.17) is 4.74 Å². The predicted molar refractivity (Wildman–Crippen MR) is 72.6 cm³/mol. The Morgan fingerprint density at radius 3 is 2.65 bits per heavy atom. The molecule has 0 saturated heterocycles. The Bertz CT molecular complexity index is 333. The van der Waals surface area contributed by atoms with Crippen LogP contribution in [-0.2, 0) is 0 Å². The van der Waals surface area contributed by atoms with E-state index in [1.807, 2.05) is 11.8 Å². The van der Waals surface area contributed by atoms with Crippen LogP contribution in [0.1, 0.15) is 32.5 Å². The van der Waals surface area contributed by atoms with E-state index < -0.39 is 0 Å². The Morgan fingerprint density at radius 1 is 1.35 bits per heavy atom. The van der Waals surface area contributed by atoms with Gasteiger partial charge < -0.3 is 10.1 Å². The number of ether oxygens (including phenoxy) is 1. The van der Waals surface area contributed by atoms with Crippen LogP contribution < -0.4 is 10.1 Å². The lowest BCUT2D eigenvalue weighted by Gasteiger charge is -2.19. The average Bonchev–Trinajstić information content (AvgIpc) is 2.34. The molecule has 4 nitrogen and oxygen atoms in total. The van der Waals surface area contributed by atoms with Gasteiger partial charge in [0.25, 0.3) is 0 Å². The summed E-state index contributed by atoms with van der Waals surface area (Å²) in [6, 6.07) is 0.191. The van der Waals surface area contributed by atoms with Gasteiger partial charge in [-0.05, 0) is 11.8 Å². The topological polar surface area (TPSA) is 47.0 Å². The Balaban J connectivity index is 2.80. The second kappa shape index (κ2) is 7.50. The molecule has 0 amide bonds. The SMILES string of the molecule is CCNC(CSC(C)C)c1nccnc1OC. The van der Waals surface area contributed by atoms with E-state index in [-0.39, 0.29) is 6.04 Å². The fourth-order valence-electron chi connectivity index (χ4n) is 1.50. The highest BCUT2D eigenvalue weighted by atomic mass is 32.2. The smallest absolute Gasteiger partial charge is 0.237 e. The molecule has 0 aliphatic rings. The molecule has 1 N–H and O–H groups in total. The number of hydrogen-bond donors (Lipinski definition) is 1. The van der Waals surface area contributed by atoms with Crippen molar-refractivity contribution in [1.29, 1.82) is 0 Å². The molecule has 1 atom stereocenters. The number of methoxy groups -OCH3 is 1. The molecule has 0 aromatic carbocycles. The maximum Gasteiger partial charge on any atom is 0.237 e. The van der Waals surface area contributed by atoms with Crippen molar-refractivity contribution in [2.45, 2.75) is 32.1 Å². The van der Waals surface area contributed by atoms with Crippen molar-refractivity contribution in [1.82, 2.24) is 15.3 Å². The van der Waals surface area contributed by atoms with Gasteiger partial charge in [0.15, 0.2) is 0 Å². The predicted octanol–water partition coefficient (Wildman–Crippen LogP) is 2.28. The first-order valence-corrected chi connectivity index (χ1v) is 6.93. The maximum absolute atomic E-state index is 5.26. The molecule has 0 bridgehead atoms. The van der Waals surface area contributed by atoms with Gasteiger partial charge in [-0.15, -0.1) is 0 Å². The summed E-state index contributed by atoms with van der Waals surface area (Å²) in [5, 5.41) is 4.04. The van der Waals surface area contributed by atoms with E-state index in [9.17, 15) is 0 Å². The first kappa shape index (κ1) is 14.3. The fraction of sp³-hybridized carbons (Fsp3) is 0.667. The van der Waals surface area contributed by atoms with E-state index in [2.05, 4.69) is 36.1 Å². The van der Waals surface area contributed by atoms with Crippen LogP contribution in [0.3, 0.4) is 0 Å². The third-order valence-corrected chi connectivity index (χ3v) is 3.45. The van der Waals surface area contributed by atoms with Gasteiger partial charge in [-0.1, -0.05) is 20.8 Å². The van der Waals surface area contributed by atoms with E-state index in [1.165, 1.54) is 0 Å². The quantitative estimate of drug-likeness (QED) is 0.810. The van der Waals surface area contributed by atoms with Crippen molar-refractivity contribution in [3.05, 3.63) is 18.1 Å². The van der Waals surface area contributed by atoms with Gasteiger partial charge in [-0.3, -0.25) is 4.98 Å². The van der Waals surface area contributed by atoms with Crippen LogP contribution in [0, 0.1) is 0 Å². The van der Waals surface area contributed by atoms with Gasteiger partial charge in [-0.25, -0.2) is 4.98 Å². The number of aromatic nitrogens is 2. The van der Waals surface area contributed by atoms with Crippen LogP contribution in [0.25, 0.3) is 0 Å². The molecule has 0 saturated carbocycles. The zero-order chi connectivity index (χ0) is 12.7. The largest absolute Gasteiger partial charge is 0.480 e. The van der Waals surface area contributed by atoms with Gasteiger partial charge in [0, 0.05) is 18.1 Å². The maximum atomic E-state index is 5.26. The fourth-order valence-corrected chi connectivity index (χ4v) is 2.35. The molecule has 0 spiro atoms. The number of nitrogens with zero attached hydrogens (tertiary/aromatic N) is 2. The van der Waals surface area contributed by atoms with Crippen LogP contribution in [0.4, 0.5) is 0 Å². The summed E-state index contributed by atoms with van der Waals surface area (Å²) in [5.41, 5.74) is 0.894. The van der Waals surface area contributed by atoms with E-state index in [1.54, 1.807) is 19.5 Å². The number of nitrogens with one attached hydrogen (secondary N) is 1. The molecular weight excluding hydrogens is 234 g/mol. The Kier molecular flexibility index (Phi) is 6.29. The normalized spacial score (nSPS) is 12.8. The van der Waals surface area contributed by atoms with Crippen molar-refractivity contribution in [2.24, 2.45) is 0 Å². The molecule has 0 aliphatic carbocycles. The number of thioether (sulfide) groups is 1. The van der Waals surface area contributed by atoms with E-state index in [0.717, 1.165) is 18.0 Å². The molecular formula is C12H21N3OS. The zero-order valence-electron chi connectivity index (χ0n) is 10.9. The second-order valence-electron chi connectivity index (χ2n) is 3.94. The van der Waals surface area contributed by atoms with Crippen LogP contribution in [0.5, 0.6) is 5.88 Å². The molecule has 1 heterocycles. The summed E-state index contributed by atoms with van der Waals surface area (Å²) in [4.78, 5) is 8.58. The van der Waals surface area contributed by atoms with Gasteiger partial charge in [0.1, 0.15) is 5.69 Å². The van der Waals surface area contributed by atoms with Crippen molar-refractivity contribution in [3.63, 3.8) is 0 Å². The molecule has 1 aromatic rings. The zero-order valence-corrected chi connectivity index (χ0v) is 11.8. The highest BCUT2D eigenvalue weighted by molar-refractivity contribution is 7.99. The third kappa shape index (κ3) is 4.52. The molecule has 1 unspecified atom stereocenters.